The summed E-state index contributed by atoms with van der Waals surface area (Å²) in [6.45, 7) is 15.2. The highest BCUT2D eigenvalue weighted by atomic mass is 31.2. The van der Waals surface area contributed by atoms with E-state index in [9.17, 15) is 32.6 Å². The van der Waals surface area contributed by atoms with Gasteiger partial charge < -0.3 is 20.4 Å². The van der Waals surface area contributed by atoms with Gasteiger partial charge in [0.1, 0.15) is 29.0 Å². The smallest absolute Gasteiger partial charge is 0.246 e. The van der Waals surface area contributed by atoms with Crippen molar-refractivity contribution in [1.82, 2.24) is 15.5 Å². The lowest BCUT2D eigenvalue weighted by Gasteiger charge is -2.36. The number of likely N-dealkylation sites (tertiary alicyclic amines) is 1. The Labute approximate surface area is 235 Å². The first-order valence-corrected chi connectivity index (χ1v) is 15.5. The van der Waals surface area contributed by atoms with Crippen molar-refractivity contribution in [3.63, 3.8) is 0 Å². The van der Waals surface area contributed by atoms with Gasteiger partial charge in [0.2, 0.25) is 25.1 Å². The molecule has 2 fully saturated rings. The van der Waals surface area contributed by atoms with E-state index in [1.54, 1.807) is 0 Å². The molecule has 222 valence electrons. The van der Waals surface area contributed by atoms with Crippen molar-refractivity contribution in [2.45, 2.75) is 90.8 Å². The normalized spacial score (nSPS) is 25.1. The van der Waals surface area contributed by atoms with E-state index in [4.69, 9.17) is 0 Å². The van der Waals surface area contributed by atoms with Gasteiger partial charge in [0.15, 0.2) is 0 Å². The molecule has 40 heavy (non-hydrogen) atoms. The molecule has 0 radical (unpaired) electrons. The second-order valence-electron chi connectivity index (χ2n) is 13.3. The monoisotopic (exact) mass is 581 g/mol. The summed E-state index contributed by atoms with van der Waals surface area (Å²) in [5.41, 5.74) is -1.45. The summed E-state index contributed by atoms with van der Waals surface area (Å²) in [5.74, 6) is -3.76. The lowest BCUT2D eigenvalue weighted by Crippen LogP contribution is -2.58. The van der Waals surface area contributed by atoms with Crippen molar-refractivity contribution < 1.29 is 32.6 Å². The molecule has 8 nitrogen and oxygen atoms in total. The van der Waals surface area contributed by atoms with Gasteiger partial charge in [0, 0.05) is 24.4 Å². The average molecular weight is 582 g/mol. The van der Waals surface area contributed by atoms with Crippen LogP contribution < -0.4 is 10.6 Å². The Morgan fingerprint density at radius 2 is 1.80 bits per heavy atom. The molecular weight excluding hydrogens is 539 g/mol. The van der Waals surface area contributed by atoms with Crippen molar-refractivity contribution in [2.75, 3.05) is 6.54 Å². The van der Waals surface area contributed by atoms with Crippen LogP contribution in [-0.2, 0) is 25.1 Å². The third-order valence-corrected chi connectivity index (χ3v) is 10.2. The number of amides is 3. The number of hydrogen-bond donors (Lipinski definition) is 3. The Bertz CT molecular complexity index is 1200. The molecule has 3 rings (SSSR count). The van der Waals surface area contributed by atoms with Crippen LogP contribution in [0.25, 0.3) is 0 Å². The van der Waals surface area contributed by atoms with Crippen LogP contribution >= 0.6 is 7.37 Å². The van der Waals surface area contributed by atoms with Crippen LogP contribution in [0.15, 0.2) is 30.9 Å². The number of carbonyl (C=O) groups excluding carboxylic acids is 3. The largest absolute Gasteiger partial charge is 0.344 e. The lowest BCUT2D eigenvalue weighted by atomic mass is 9.84. The molecule has 1 aliphatic carbocycles. The highest BCUT2D eigenvalue weighted by molar-refractivity contribution is 7.59. The molecule has 1 saturated heterocycles. The quantitative estimate of drug-likeness (QED) is 0.289. The van der Waals surface area contributed by atoms with Crippen LogP contribution in [0.5, 0.6) is 0 Å². The zero-order valence-corrected chi connectivity index (χ0v) is 25.1. The van der Waals surface area contributed by atoms with Gasteiger partial charge in [-0.1, -0.05) is 53.7 Å². The number of carbonyl (C=O) groups is 3. The summed E-state index contributed by atoms with van der Waals surface area (Å²) in [6, 6.07) is 1.37. The molecule has 0 aromatic heterocycles. The summed E-state index contributed by atoms with van der Waals surface area (Å²) < 4.78 is 42.2. The van der Waals surface area contributed by atoms with E-state index < -0.39 is 71.2 Å². The highest BCUT2D eigenvalue weighted by Gasteiger charge is 2.65. The van der Waals surface area contributed by atoms with E-state index in [2.05, 4.69) is 17.2 Å². The molecule has 11 heteroatoms. The SMILES string of the molecule is C=C[C@@H]1C[C@]1(NC(=O)[C@@H]1CCCN1C(=O)[C@@H](NC(=O)CC(C)(C)C)C(C)(C)C)P(=O)(O)Cc1c(F)cccc1F. The Morgan fingerprint density at radius 3 is 2.30 bits per heavy atom. The fourth-order valence-corrected chi connectivity index (χ4v) is 7.74. The van der Waals surface area contributed by atoms with Crippen molar-refractivity contribution in [3.8, 4) is 0 Å². The van der Waals surface area contributed by atoms with Gasteiger partial charge in [-0.2, -0.15) is 0 Å². The van der Waals surface area contributed by atoms with Crippen LogP contribution in [0.3, 0.4) is 0 Å². The van der Waals surface area contributed by atoms with E-state index in [0.717, 1.165) is 12.1 Å². The van der Waals surface area contributed by atoms with Gasteiger partial charge >= 0.3 is 0 Å². The van der Waals surface area contributed by atoms with Crippen molar-refractivity contribution in [3.05, 3.63) is 48.1 Å². The van der Waals surface area contributed by atoms with E-state index in [1.165, 1.54) is 17.0 Å². The summed E-state index contributed by atoms with van der Waals surface area (Å²) >= 11 is 0. The molecule has 1 heterocycles. The second-order valence-corrected chi connectivity index (χ2v) is 15.8. The molecule has 0 bridgehead atoms. The summed E-state index contributed by atoms with van der Waals surface area (Å²) in [4.78, 5) is 52.6. The molecule has 3 amide bonds. The van der Waals surface area contributed by atoms with Gasteiger partial charge in [-0.3, -0.25) is 18.9 Å². The minimum atomic E-state index is -4.40. The Kier molecular flexibility index (Phi) is 9.07. The summed E-state index contributed by atoms with van der Waals surface area (Å²) in [5, 5.41) is 3.92. The minimum absolute atomic E-state index is 0.0836. The fraction of sp³-hybridized carbons (Fsp3) is 0.621. The number of hydrogen-bond acceptors (Lipinski definition) is 4. The van der Waals surface area contributed by atoms with Gasteiger partial charge in [-0.05, 0) is 42.2 Å². The second kappa shape index (κ2) is 11.4. The van der Waals surface area contributed by atoms with Crippen LogP contribution in [0.4, 0.5) is 8.78 Å². The van der Waals surface area contributed by atoms with Crippen LogP contribution in [0.1, 0.15) is 72.8 Å². The number of halogens is 2. The zero-order valence-electron chi connectivity index (χ0n) is 24.2. The van der Waals surface area contributed by atoms with Gasteiger partial charge in [0.25, 0.3) is 0 Å². The van der Waals surface area contributed by atoms with Crippen LogP contribution in [0, 0.1) is 28.4 Å². The fourth-order valence-electron chi connectivity index (χ4n) is 5.33. The Hall–Kier alpha value is -2.58. The number of benzene rings is 1. The molecular formula is C29H42F2N3O5P. The van der Waals surface area contributed by atoms with E-state index in [-0.39, 0.29) is 30.7 Å². The maximum absolute atomic E-state index is 14.3. The van der Waals surface area contributed by atoms with Crippen molar-refractivity contribution in [2.24, 2.45) is 16.7 Å². The molecule has 5 atom stereocenters. The number of nitrogens with one attached hydrogen (secondary N) is 2. The van der Waals surface area contributed by atoms with Crippen LogP contribution in [-0.4, -0.2) is 51.4 Å². The maximum Gasteiger partial charge on any atom is 0.246 e. The van der Waals surface area contributed by atoms with Gasteiger partial charge in [-0.25, -0.2) is 8.78 Å². The molecule has 0 spiro atoms. The molecule has 1 aromatic carbocycles. The Balaban J connectivity index is 1.83. The molecule has 1 saturated carbocycles. The third kappa shape index (κ3) is 6.82. The minimum Gasteiger partial charge on any atom is -0.344 e. The van der Waals surface area contributed by atoms with E-state index in [0.29, 0.717) is 12.8 Å². The van der Waals surface area contributed by atoms with E-state index in [1.807, 2.05) is 41.5 Å². The highest BCUT2D eigenvalue weighted by Crippen LogP contribution is 2.71. The lowest BCUT2D eigenvalue weighted by molar-refractivity contribution is -0.144. The first-order valence-electron chi connectivity index (χ1n) is 13.6. The standard InChI is InChI=1S/C29H42F2N3O5P/c1-8-18-15-29(18,40(38,39)17-19-20(30)11-9-12-21(19)31)33-25(36)22-13-10-14-34(22)26(37)24(28(5,6)7)32-23(35)16-27(2,3)4/h8-9,11-12,18,22,24H,1,10,13-17H2,2-7H3,(H,32,35)(H,33,36)(H,38,39)/t18-,22+,24-,29+/m1/s1. The van der Waals surface area contributed by atoms with Crippen LogP contribution in [0.2, 0.25) is 0 Å². The van der Waals surface area contributed by atoms with Crippen molar-refractivity contribution >= 4 is 25.1 Å². The van der Waals surface area contributed by atoms with Gasteiger partial charge in [0.05, 0.1) is 6.16 Å². The molecule has 2 aliphatic rings. The first-order chi connectivity index (χ1) is 18.3. The molecule has 1 unspecified atom stereocenters. The molecule has 3 N–H and O–H groups in total. The first kappa shape index (κ1) is 31.9. The predicted octanol–water partition coefficient (Wildman–Crippen LogP) is 4.71. The predicted molar refractivity (Wildman–Crippen MR) is 149 cm³/mol. The topological polar surface area (TPSA) is 116 Å². The third-order valence-electron chi connectivity index (χ3n) is 7.61. The zero-order chi connectivity index (χ0) is 30.3. The number of rotatable bonds is 9. The van der Waals surface area contributed by atoms with E-state index >= 15 is 0 Å². The maximum atomic E-state index is 14.3. The van der Waals surface area contributed by atoms with Crippen molar-refractivity contribution in [1.29, 1.82) is 0 Å². The summed E-state index contributed by atoms with van der Waals surface area (Å²) in [6.07, 6.45) is 1.81. The molecule has 1 aliphatic heterocycles. The average Bonchev–Trinajstić information content (AvgIpc) is 3.31. The Morgan fingerprint density at radius 1 is 1.20 bits per heavy atom. The summed E-state index contributed by atoms with van der Waals surface area (Å²) in [7, 11) is -4.40. The number of nitrogens with zero attached hydrogens (tertiary/aromatic N) is 1. The van der Waals surface area contributed by atoms with Gasteiger partial charge in [-0.15, -0.1) is 6.58 Å². The molecule has 1 aromatic rings.